The molecule has 3 nitrogen and oxygen atoms in total. The van der Waals surface area contributed by atoms with Crippen molar-refractivity contribution in [2.45, 2.75) is 32.2 Å². The van der Waals surface area contributed by atoms with Crippen LogP contribution in [-0.4, -0.2) is 22.3 Å². The van der Waals surface area contributed by atoms with Crippen molar-refractivity contribution in [2.24, 2.45) is 0 Å². The van der Waals surface area contributed by atoms with Crippen LogP contribution in [0.4, 0.5) is 0 Å². The highest BCUT2D eigenvalue weighted by atomic mass is 32.1. The van der Waals surface area contributed by atoms with Gasteiger partial charge in [0.1, 0.15) is 5.01 Å². The van der Waals surface area contributed by atoms with Gasteiger partial charge >= 0.3 is 0 Å². The van der Waals surface area contributed by atoms with E-state index < -0.39 is 0 Å². The number of benzene rings is 2. The maximum absolute atomic E-state index is 12.9. The third-order valence-corrected chi connectivity index (χ3v) is 5.85. The van der Waals surface area contributed by atoms with E-state index in [-0.39, 0.29) is 11.9 Å². The molecule has 3 aromatic rings. The van der Waals surface area contributed by atoms with Crippen molar-refractivity contribution in [3.05, 3.63) is 76.8 Å². The van der Waals surface area contributed by atoms with Gasteiger partial charge < -0.3 is 4.90 Å². The van der Waals surface area contributed by atoms with E-state index in [0.717, 1.165) is 35.7 Å². The second-order valence-electron chi connectivity index (χ2n) is 6.85. The van der Waals surface area contributed by atoms with E-state index in [0.29, 0.717) is 6.42 Å². The van der Waals surface area contributed by atoms with Crippen LogP contribution >= 0.6 is 11.3 Å². The van der Waals surface area contributed by atoms with Gasteiger partial charge in [0.2, 0.25) is 5.91 Å². The number of thiazole rings is 1. The molecule has 2 aromatic carbocycles. The number of carbonyl (C=O) groups excluding carboxylic acids is 1. The summed E-state index contributed by atoms with van der Waals surface area (Å²) < 4.78 is 0. The predicted octanol–water partition coefficient (Wildman–Crippen LogP) is 5.02. The van der Waals surface area contributed by atoms with Crippen LogP contribution in [0.1, 0.15) is 35.7 Å². The normalized spacial score (nSPS) is 16.8. The number of aryl methyl sites for hydroxylation is 1. The topological polar surface area (TPSA) is 33.2 Å². The van der Waals surface area contributed by atoms with Gasteiger partial charge in [-0.05, 0) is 31.4 Å². The number of amides is 1. The van der Waals surface area contributed by atoms with Gasteiger partial charge in [0.05, 0.1) is 18.2 Å². The number of nitrogens with zero attached hydrogens (tertiary/aromatic N) is 2. The summed E-state index contributed by atoms with van der Waals surface area (Å²) in [6.07, 6.45) is 2.49. The summed E-state index contributed by atoms with van der Waals surface area (Å²) in [5.74, 6) is 0.178. The minimum atomic E-state index is 0.178. The van der Waals surface area contributed by atoms with Crippen molar-refractivity contribution < 1.29 is 4.79 Å². The Morgan fingerprint density at radius 1 is 1.19 bits per heavy atom. The molecule has 1 amide bonds. The molecule has 0 saturated carbocycles. The van der Waals surface area contributed by atoms with Crippen molar-refractivity contribution in [2.75, 3.05) is 6.54 Å². The minimum Gasteiger partial charge on any atom is -0.335 e. The number of hydrogen-bond acceptors (Lipinski definition) is 3. The first-order chi connectivity index (χ1) is 12.7. The van der Waals surface area contributed by atoms with E-state index in [9.17, 15) is 4.79 Å². The second kappa shape index (κ2) is 7.42. The largest absolute Gasteiger partial charge is 0.335 e. The third-order valence-electron chi connectivity index (χ3n) is 4.91. The lowest BCUT2D eigenvalue weighted by Crippen LogP contribution is -2.31. The molecule has 0 aliphatic carbocycles. The molecule has 4 rings (SSSR count). The summed E-state index contributed by atoms with van der Waals surface area (Å²) in [5.41, 5.74) is 4.45. The van der Waals surface area contributed by atoms with Crippen LogP contribution in [0.2, 0.25) is 0 Å². The zero-order chi connectivity index (χ0) is 17.9. The average Bonchev–Trinajstić information content (AvgIpc) is 3.32. The molecule has 0 N–H and O–H groups in total. The molecule has 1 aliphatic heterocycles. The van der Waals surface area contributed by atoms with Crippen LogP contribution < -0.4 is 0 Å². The van der Waals surface area contributed by atoms with Gasteiger partial charge in [0.25, 0.3) is 0 Å². The molecule has 1 aliphatic rings. The summed E-state index contributed by atoms with van der Waals surface area (Å²) in [6.45, 7) is 2.92. The summed E-state index contributed by atoms with van der Waals surface area (Å²) in [6, 6.07) is 18.9. The van der Waals surface area contributed by atoms with Crippen LogP contribution in [-0.2, 0) is 11.2 Å². The SMILES string of the molecule is Cc1cccc(-c2nc(CC(=O)N3CCCC3c3ccccc3)cs2)c1. The molecule has 2 heterocycles. The van der Waals surface area contributed by atoms with Gasteiger partial charge in [-0.3, -0.25) is 4.79 Å². The van der Waals surface area contributed by atoms with Crippen molar-refractivity contribution >= 4 is 17.2 Å². The van der Waals surface area contributed by atoms with Gasteiger partial charge in [0.15, 0.2) is 0 Å². The van der Waals surface area contributed by atoms with Crippen LogP contribution in [0.3, 0.4) is 0 Å². The third kappa shape index (κ3) is 3.56. The highest BCUT2D eigenvalue weighted by Crippen LogP contribution is 2.32. The van der Waals surface area contributed by atoms with Crippen molar-refractivity contribution in [3.63, 3.8) is 0 Å². The smallest absolute Gasteiger partial charge is 0.229 e. The van der Waals surface area contributed by atoms with Gasteiger partial charge in [0, 0.05) is 17.5 Å². The Labute approximate surface area is 158 Å². The number of likely N-dealkylation sites (tertiary alicyclic amines) is 1. The first-order valence-corrected chi connectivity index (χ1v) is 9.94. The van der Waals surface area contributed by atoms with Gasteiger partial charge in [-0.2, -0.15) is 0 Å². The average molecular weight is 362 g/mol. The second-order valence-corrected chi connectivity index (χ2v) is 7.70. The first kappa shape index (κ1) is 17.0. The molecule has 1 atom stereocenters. The molecular formula is C22H22N2OS. The molecular weight excluding hydrogens is 340 g/mol. The Balaban J connectivity index is 1.48. The molecule has 0 radical (unpaired) electrons. The molecule has 132 valence electrons. The van der Waals surface area contributed by atoms with E-state index in [1.807, 2.05) is 34.5 Å². The molecule has 1 saturated heterocycles. The van der Waals surface area contributed by atoms with Crippen LogP contribution in [0, 0.1) is 6.92 Å². The fourth-order valence-electron chi connectivity index (χ4n) is 3.64. The molecule has 1 fully saturated rings. The summed E-state index contributed by atoms with van der Waals surface area (Å²) in [5, 5.41) is 3.00. The van der Waals surface area contributed by atoms with Crippen LogP contribution in [0.15, 0.2) is 60.0 Å². The monoisotopic (exact) mass is 362 g/mol. The lowest BCUT2D eigenvalue weighted by atomic mass is 10.0. The molecule has 1 unspecified atom stereocenters. The molecule has 26 heavy (non-hydrogen) atoms. The molecule has 4 heteroatoms. The van der Waals surface area contributed by atoms with Gasteiger partial charge in [-0.15, -0.1) is 11.3 Å². The van der Waals surface area contributed by atoms with E-state index >= 15 is 0 Å². The molecule has 0 bridgehead atoms. The standard InChI is InChI=1S/C22H22N2OS/c1-16-7-5-10-18(13-16)22-23-19(15-26-22)14-21(25)24-12-6-11-20(24)17-8-3-2-4-9-17/h2-5,7-10,13,15,20H,6,11-12,14H2,1H3. The highest BCUT2D eigenvalue weighted by Gasteiger charge is 2.30. The Kier molecular flexibility index (Phi) is 4.85. The van der Waals surface area contributed by atoms with E-state index in [1.165, 1.54) is 11.1 Å². The van der Waals surface area contributed by atoms with Crippen LogP contribution in [0.25, 0.3) is 10.6 Å². The van der Waals surface area contributed by atoms with E-state index in [1.54, 1.807) is 11.3 Å². The predicted molar refractivity (Wildman–Crippen MR) is 106 cm³/mol. The highest BCUT2D eigenvalue weighted by molar-refractivity contribution is 7.13. The van der Waals surface area contributed by atoms with Crippen molar-refractivity contribution in [1.82, 2.24) is 9.88 Å². The Morgan fingerprint density at radius 3 is 2.85 bits per heavy atom. The van der Waals surface area contributed by atoms with E-state index in [2.05, 4.69) is 37.3 Å². The van der Waals surface area contributed by atoms with Crippen molar-refractivity contribution in [3.8, 4) is 10.6 Å². The van der Waals surface area contributed by atoms with Crippen LogP contribution in [0.5, 0.6) is 0 Å². The fraction of sp³-hybridized carbons (Fsp3) is 0.273. The first-order valence-electron chi connectivity index (χ1n) is 9.06. The summed E-state index contributed by atoms with van der Waals surface area (Å²) >= 11 is 1.61. The Bertz CT molecular complexity index is 903. The fourth-order valence-corrected chi connectivity index (χ4v) is 4.46. The molecule has 0 spiro atoms. The lowest BCUT2D eigenvalue weighted by Gasteiger charge is -2.25. The Hall–Kier alpha value is -2.46. The number of carbonyl (C=O) groups is 1. The lowest BCUT2D eigenvalue weighted by molar-refractivity contribution is -0.131. The summed E-state index contributed by atoms with van der Waals surface area (Å²) in [4.78, 5) is 19.6. The number of hydrogen-bond donors (Lipinski definition) is 0. The molecule has 1 aromatic heterocycles. The zero-order valence-corrected chi connectivity index (χ0v) is 15.7. The Morgan fingerprint density at radius 2 is 2.04 bits per heavy atom. The number of aromatic nitrogens is 1. The quantitative estimate of drug-likeness (QED) is 0.652. The maximum Gasteiger partial charge on any atom is 0.229 e. The van der Waals surface area contributed by atoms with E-state index in [4.69, 9.17) is 4.98 Å². The maximum atomic E-state index is 12.9. The minimum absolute atomic E-state index is 0.178. The zero-order valence-electron chi connectivity index (χ0n) is 14.9. The van der Waals surface area contributed by atoms with Crippen molar-refractivity contribution in [1.29, 1.82) is 0 Å². The van der Waals surface area contributed by atoms with Gasteiger partial charge in [-0.1, -0.05) is 54.1 Å². The summed E-state index contributed by atoms with van der Waals surface area (Å²) in [7, 11) is 0. The van der Waals surface area contributed by atoms with Gasteiger partial charge in [-0.25, -0.2) is 4.98 Å². The number of rotatable bonds is 4.